The van der Waals surface area contributed by atoms with Crippen molar-refractivity contribution in [3.63, 3.8) is 0 Å². The largest absolute Gasteiger partial charge is 0.349 e. The molecule has 0 aliphatic carbocycles. The molecule has 2 amide bonds. The SMILES string of the molecule is CCCNC(=O)c1nc(C(=O)N2CCc3ccccc32)c2ccccn12. The van der Waals surface area contributed by atoms with Crippen molar-refractivity contribution in [1.82, 2.24) is 14.7 Å². The van der Waals surface area contributed by atoms with Gasteiger partial charge >= 0.3 is 0 Å². The number of carbonyl (C=O) groups excluding carboxylic acids is 2. The Bertz CT molecular complexity index is 992. The number of hydrogen-bond donors (Lipinski definition) is 1. The molecule has 2 aromatic heterocycles. The minimum Gasteiger partial charge on any atom is -0.349 e. The molecule has 1 N–H and O–H groups in total. The molecule has 0 saturated carbocycles. The number of rotatable bonds is 4. The van der Waals surface area contributed by atoms with Gasteiger partial charge in [0, 0.05) is 25.0 Å². The van der Waals surface area contributed by atoms with Crippen molar-refractivity contribution < 1.29 is 9.59 Å². The van der Waals surface area contributed by atoms with Crippen molar-refractivity contribution in [2.75, 3.05) is 18.0 Å². The number of amides is 2. The van der Waals surface area contributed by atoms with Crippen LogP contribution in [0, 0.1) is 0 Å². The summed E-state index contributed by atoms with van der Waals surface area (Å²) in [5.74, 6) is -0.202. The maximum Gasteiger partial charge on any atom is 0.287 e. The molecule has 1 aliphatic heterocycles. The van der Waals surface area contributed by atoms with Crippen LogP contribution >= 0.6 is 0 Å². The number of benzene rings is 1. The Morgan fingerprint density at radius 1 is 1.15 bits per heavy atom. The van der Waals surface area contributed by atoms with Gasteiger partial charge in [-0.25, -0.2) is 4.98 Å². The summed E-state index contributed by atoms with van der Waals surface area (Å²) in [6.07, 6.45) is 3.43. The van der Waals surface area contributed by atoms with Crippen molar-refractivity contribution in [3.05, 3.63) is 65.7 Å². The fourth-order valence-corrected chi connectivity index (χ4v) is 3.35. The Morgan fingerprint density at radius 2 is 1.96 bits per heavy atom. The number of anilines is 1. The van der Waals surface area contributed by atoms with Crippen molar-refractivity contribution in [3.8, 4) is 0 Å². The average Bonchev–Trinajstić information content (AvgIpc) is 3.27. The Labute approximate surface area is 151 Å². The Kier molecular flexibility index (Phi) is 4.16. The van der Waals surface area contributed by atoms with E-state index in [9.17, 15) is 9.59 Å². The molecule has 0 atom stereocenters. The summed E-state index contributed by atoms with van der Waals surface area (Å²) in [4.78, 5) is 31.8. The number of carbonyl (C=O) groups is 2. The van der Waals surface area contributed by atoms with E-state index in [4.69, 9.17) is 0 Å². The lowest BCUT2D eigenvalue weighted by Gasteiger charge is -2.16. The van der Waals surface area contributed by atoms with Crippen LogP contribution in [0.2, 0.25) is 0 Å². The van der Waals surface area contributed by atoms with Crippen LogP contribution in [-0.2, 0) is 6.42 Å². The third kappa shape index (κ3) is 2.63. The monoisotopic (exact) mass is 348 g/mol. The first-order valence-electron chi connectivity index (χ1n) is 8.85. The van der Waals surface area contributed by atoms with Gasteiger partial charge < -0.3 is 10.2 Å². The van der Waals surface area contributed by atoms with E-state index in [0.29, 0.717) is 24.3 Å². The fraction of sp³-hybridized carbons (Fsp3) is 0.250. The van der Waals surface area contributed by atoms with Crippen LogP contribution in [0.15, 0.2) is 48.7 Å². The molecular weight excluding hydrogens is 328 g/mol. The number of nitrogens with zero attached hydrogens (tertiary/aromatic N) is 3. The highest BCUT2D eigenvalue weighted by atomic mass is 16.2. The molecule has 1 aliphatic rings. The number of nitrogens with one attached hydrogen (secondary N) is 1. The standard InChI is InChI=1S/C20H20N4O2/c1-2-11-21-19(25)18-22-17(16-9-5-6-12-23(16)18)20(26)24-13-10-14-7-3-4-8-15(14)24/h3-9,12H,2,10-11,13H2,1H3,(H,21,25). The summed E-state index contributed by atoms with van der Waals surface area (Å²) in [6.45, 7) is 3.19. The zero-order chi connectivity index (χ0) is 18.1. The summed E-state index contributed by atoms with van der Waals surface area (Å²) in [5, 5.41) is 2.83. The number of hydrogen-bond acceptors (Lipinski definition) is 3. The summed E-state index contributed by atoms with van der Waals surface area (Å²) in [7, 11) is 0. The van der Waals surface area contributed by atoms with Crippen molar-refractivity contribution in [1.29, 1.82) is 0 Å². The third-order valence-corrected chi connectivity index (χ3v) is 4.62. The second-order valence-corrected chi connectivity index (χ2v) is 6.33. The van der Waals surface area contributed by atoms with Crippen LogP contribution < -0.4 is 10.2 Å². The van der Waals surface area contributed by atoms with E-state index in [-0.39, 0.29) is 17.6 Å². The molecule has 6 nitrogen and oxygen atoms in total. The molecule has 3 heterocycles. The van der Waals surface area contributed by atoms with Crippen molar-refractivity contribution in [2.45, 2.75) is 19.8 Å². The van der Waals surface area contributed by atoms with Crippen LogP contribution in [0.5, 0.6) is 0 Å². The molecule has 0 radical (unpaired) electrons. The van der Waals surface area contributed by atoms with Crippen molar-refractivity contribution in [2.24, 2.45) is 0 Å². The first-order valence-corrected chi connectivity index (χ1v) is 8.85. The van der Waals surface area contributed by atoms with Crippen molar-refractivity contribution >= 4 is 23.0 Å². The predicted octanol–water partition coefficient (Wildman–Crippen LogP) is 2.68. The maximum atomic E-state index is 13.2. The number of imidazole rings is 1. The van der Waals surface area contributed by atoms with Gasteiger partial charge in [0.05, 0.1) is 5.52 Å². The molecule has 0 spiro atoms. The first kappa shape index (κ1) is 16.3. The topological polar surface area (TPSA) is 66.7 Å². The minimum absolute atomic E-state index is 0.173. The highest BCUT2D eigenvalue weighted by Gasteiger charge is 2.29. The molecular formula is C20H20N4O2. The lowest BCUT2D eigenvalue weighted by atomic mass is 10.2. The first-order chi connectivity index (χ1) is 12.7. The van der Waals surface area contributed by atoms with Gasteiger partial charge in [-0.1, -0.05) is 31.2 Å². The second-order valence-electron chi connectivity index (χ2n) is 6.33. The lowest BCUT2D eigenvalue weighted by Crippen LogP contribution is -2.29. The van der Waals surface area contributed by atoms with Crippen LogP contribution in [0.1, 0.15) is 40.0 Å². The average molecular weight is 348 g/mol. The van der Waals surface area contributed by atoms with E-state index < -0.39 is 0 Å². The van der Waals surface area contributed by atoms with Gasteiger partial charge in [-0.2, -0.15) is 0 Å². The summed E-state index contributed by atoms with van der Waals surface area (Å²) in [5.41, 5.74) is 3.03. The van der Waals surface area contributed by atoms with Crippen LogP contribution in [0.4, 0.5) is 5.69 Å². The van der Waals surface area contributed by atoms with Gasteiger partial charge in [0.1, 0.15) is 0 Å². The highest BCUT2D eigenvalue weighted by molar-refractivity contribution is 6.11. The number of para-hydroxylation sites is 1. The Hall–Kier alpha value is -3.15. The molecule has 3 aromatic rings. The maximum absolute atomic E-state index is 13.2. The van der Waals surface area contributed by atoms with Crippen LogP contribution in [0.3, 0.4) is 0 Å². The Balaban J connectivity index is 1.75. The summed E-state index contributed by atoms with van der Waals surface area (Å²) >= 11 is 0. The van der Waals surface area contributed by atoms with Gasteiger partial charge in [0.2, 0.25) is 5.82 Å². The van der Waals surface area contributed by atoms with E-state index >= 15 is 0 Å². The molecule has 0 bridgehead atoms. The molecule has 1 aromatic carbocycles. The predicted molar refractivity (Wildman–Crippen MR) is 99.6 cm³/mol. The Morgan fingerprint density at radius 3 is 2.81 bits per heavy atom. The number of pyridine rings is 1. The second kappa shape index (κ2) is 6.63. The van der Waals surface area contributed by atoms with E-state index in [1.54, 1.807) is 15.5 Å². The molecule has 0 saturated heterocycles. The molecule has 0 fully saturated rings. The molecule has 26 heavy (non-hydrogen) atoms. The van der Waals surface area contributed by atoms with Gasteiger partial charge in [0.25, 0.3) is 11.8 Å². The van der Waals surface area contributed by atoms with Crippen LogP contribution in [-0.4, -0.2) is 34.3 Å². The number of fused-ring (bicyclic) bond motifs is 2. The third-order valence-electron chi connectivity index (χ3n) is 4.62. The van der Waals surface area contributed by atoms with Gasteiger partial charge in [-0.05, 0) is 36.6 Å². The zero-order valence-corrected chi connectivity index (χ0v) is 14.6. The van der Waals surface area contributed by atoms with E-state index in [2.05, 4.69) is 10.3 Å². The van der Waals surface area contributed by atoms with E-state index in [1.807, 2.05) is 49.4 Å². The van der Waals surface area contributed by atoms with E-state index in [0.717, 1.165) is 24.1 Å². The smallest absolute Gasteiger partial charge is 0.287 e. The normalized spacial score (nSPS) is 13.0. The fourth-order valence-electron chi connectivity index (χ4n) is 3.35. The van der Waals surface area contributed by atoms with Gasteiger partial charge in [-0.3, -0.25) is 14.0 Å². The molecule has 0 unspecified atom stereocenters. The number of aromatic nitrogens is 2. The lowest BCUT2D eigenvalue weighted by molar-refractivity contribution is 0.0942. The minimum atomic E-state index is -0.270. The molecule has 6 heteroatoms. The van der Waals surface area contributed by atoms with E-state index in [1.165, 1.54) is 0 Å². The zero-order valence-electron chi connectivity index (χ0n) is 14.6. The summed E-state index contributed by atoms with van der Waals surface area (Å²) < 4.78 is 1.68. The summed E-state index contributed by atoms with van der Waals surface area (Å²) in [6, 6.07) is 13.4. The van der Waals surface area contributed by atoms with Gasteiger partial charge in [-0.15, -0.1) is 0 Å². The molecule has 4 rings (SSSR count). The van der Waals surface area contributed by atoms with Gasteiger partial charge in [0.15, 0.2) is 5.69 Å². The molecule has 132 valence electrons. The van der Waals surface area contributed by atoms with Crippen LogP contribution in [0.25, 0.3) is 5.52 Å². The quantitative estimate of drug-likeness (QED) is 0.788. The highest BCUT2D eigenvalue weighted by Crippen LogP contribution is 2.29.